The summed E-state index contributed by atoms with van der Waals surface area (Å²) in [6.45, 7) is 2.11. The fourth-order valence-electron chi connectivity index (χ4n) is 1.94. The predicted octanol–water partition coefficient (Wildman–Crippen LogP) is 4.66. The van der Waals surface area contributed by atoms with Crippen molar-refractivity contribution in [3.8, 4) is 0 Å². The van der Waals surface area contributed by atoms with Crippen LogP contribution in [0.3, 0.4) is 0 Å². The zero-order valence-electron chi connectivity index (χ0n) is 10.6. The SMILES string of the molecule is CCCc1ccc(C(=O)c2ccc(F)cc2Cl)cc1. The quantitative estimate of drug-likeness (QED) is 0.742. The van der Waals surface area contributed by atoms with E-state index in [0.29, 0.717) is 11.1 Å². The second-order valence-corrected chi connectivity index (χ2v) is 4.81. The molecule has 0 amide bonds. The smallest absolute Gasteiger partial charge is 0.194 e. The molecule has 1 nitrogen and oxygen atoms in total. The monoisotopic (exact) mass is 276 g/mol. The van der Waals surface area contributed by atoms with E-state index in [2.05, 4.69) is 6.92 Å². The maximum absolute atomic E-state index is 13.0. The minimum atomic E-state index is -0.445. The van der Waals surface area contributed by atoms with Gasteiger partial charge < -0.3 is 0 Å². The largest absolute Gasteiger partial charge is 0.289 e. The van der Waals surface area contributed by atoms with Crippen LogP contribution in [-0.4, -0.2) is 5.78 Å². The number of hydrogen-bond donors (Lipinski definition) is 0. The molecule has 0 aliphatic heterocycles. The molecule has 0 atom stereocenters. The van der Waals surface area contributed by atoms with E-state index in [1.54, 1.807) is 12.1 Å². The summed E-state index contributed by atoms with van der Waals surface area (Å²) in [4.78, 5) is 12.2. The maximum Gasteiger partial charge on any atom is 0.194 e. The first kappa shape index (κ1) is 13.8. The molecule has 0 bridgehead atoms. The first-order chi connectivity index (χ1) is 9.11. The van der Waals surface area contributed by atoms with Crippen LogP contribution in [0.2, 0.25) is 5.02 Å². The van der Waals surface area contributed by atoms with Crippen LogP contribution in [0.1, 0.15) is 34.8 Å². The van der Waals surface area contributed by atoms with E-state index >= 15 is 0 Å². The van der Waals surface area contributed by atoms with Gasteiger partial charge in [0.1, 0.15) is 5.82 Å². The summed E-state index contributed by atoms with van der Waals surface area (Å²) >= 11 is 5.89. The molecular formula is C16H14ClFO. The molecule has 0 heterocycles. The molecule has 0 aromatic heterocycles. The van der Waals surface area contributed by atoms with Gasteiger partial charge in [0, 0.05) is 11.1 Å². The molecule has 19 heavy (non-hydrogen) atoms. The number of ketones is 1. The highest BCUT2D eigenvalue weighted by Gasteiger charge is 2.13. The molecule has 0 N–H and O–H groups in total. The molecule has 0 radical (unpaired) electrons. The molecule has 2 aromatic rings. The zero-order valence-corrected chi connectivity index (χ0v) is 11.4. The van der Waals surface area contributed by atoms with Crippen LogP contribution < -0.4 is 0 Å². The lowest BCUT2D eigenvalue weighted by atomic mass is 10.0. The lowest BCUT2D eigenvalue weighted by molar-refractivity contribution is 0.103. The Labute approximate surface area is 117 Å². The summed E-state index contributed by atoms with van der Waals surface area (Å²) < 4.78 is 13.0. The second-order valence-electron chi connectivity index (χ2n) is 4.40. The Morgan fingerprint density at radius 2 is 1.84 bits per heavy atom. The van der Waals surface area contributed by atoms with Crippen LogP contribution in [0.5, 0.6) is 0 Å². The second kappa shape index (κ2) is 5.98. The summed E-state index contributed by atoms with van der Waals surface area (Å²) in [7, 11) is 0. The number of halogens is 2. The molecule has 0 saturated carbocycles. The van der Waals surface area contributed by atoms with Crippen molar-refractivity contribution in [1.29, 1.82) is 0 Å². The van der Waals surface area contributed by atoms with Crippen molar-refractivity contribution < 1.29 is 9.18 Å². The number of carbonyl (C=O) groups excluding carboxylic acids is 1. The third-order valence-electron chi connectivity index (χ3n) is 2.93. The van der Waals surface area contributed by atoms with Crippen molar-refractivity contribution in [2.45, 2.75) is 19.8 Å². The van der Waals surface area contributed by atoms with Gasteiger partial charge in [-0.3, -0.25) is 4.79 Å². The van der Waals surface area contributed by atoms with Gasteiger partial charge in [0.2, 0.25) is 0 Å². The van der Waals surface area contributed by atoms with E-state index in [4.69, 9.17) is 11.6 Å². The van der Waals surface area contributed by atoms with E-state index < -0.39 is 5.82 Å². The molecular weight excluding hydrogens is 263 g/mol. The van der Waals surface area contributed by atoms with Gasteiger partial charge in [-0.05, 0) is 30.2 Å². The van der Waals surface area contributed by atoms with Crippen LogP contribution in [-0.2, 0) is 6.42 Å². The van der Waals surface area contributed by atoms with Crippen molar-refractivity contribution in [2.24, 2.45) is 0 Å². The van der Waals surface area contributed by atoms with Crippen molar-refractivity contribution in [1.82, 2.24) is 0 Å². The maximum atomic E-state index is 13.0. The number of carbonyl (C=O) groups is 1. The lowest BCUT2D eigenvalue weighted by Gasteiger charge is -2.05. The van der Waals surface area contributed by atoms with Gasteiger partial charge in [-0.2, -0.15) is 0 Å². The zero-order chi connectivity index (χ0) is 13.8. The fraction of sp³-hybridized carbons (Fsp3) is 0.188. The molecule has 0 fully saturated rings. The molecule has 0 unspecified atom stereocenters. The van der Waals surface area contributed by atoms with Gasteiger partial charge >= 0.3 is 0 Å². The van der Waals surface area contributed by atoms with E-state index in [-0.39, 0.29) is 10.8 Å². The van der Waals surface area contributed by atoms with Gasteiger partial charge in [0.25, 0.3) is 0 Å². The molecule has 98 valence electrons. The van der Waals surface area contributed by atoms with Gasteiger partial charge in [0.15, 0.2) is 5.78 Å². The first-order valence-electron chi connectivity index (χ1n) is 6.20. The van der Waals surface area contributed by atoms with E-state index in [0.717, 1.165) is 18.9 Å². The summed E-state index contributed by atoms with van der Waals surface area (Å²) in [5.74, 6) is -0.632. The van der Waals surface area contributed by atoms with Gasteiger partial charge in [0.05, 0.1) is 5.02 Å². The number of aryl methyl sites for hydroxylation is 1. The molecule has 2 aromatic carbocycles. The third kappa shape index (κ3) is 3.21. The van der Waals surface area contributed by atoms with E-state index in [1.807, 2.05) is 12.1 Å². The summed E-state index contributed by atoms with van der Waals surface area (Å²) in [6.07, 6.45) is 2.06. The highest BCUT2D eigenvalue weighted by atomic mass is 35.5. The number of hydrogen-bond acceptors (Lipinski definition) is 1. The Balaban J connectivity index is 2.28. The lowest BCUT2D eigenvalue weighted by Crippen LogP contribution is -2.02. The molecule has 3 heteroatoms. The summed E-state index contributed by atoms with van der Waals surface area (Å²) in [6, 6.07) is 11.3. The van der Waals surface area contributed by atoms with Crippen LogP contribution in [0.25, 0.3) is 0 Å². The Morgan fingerprint density at radius 1 is 1.16 bits per heavy atom. The standard InChI is InChI=1S/C16H14ClFO/c1-2-3-11-4-6-12(7-5-11)16(19)14-9-8-13(18)10-15(14)17/h4-10H,2-3H2,1H3. The number of rotatable bonds is 4. The average Bonchev–Trinajstić information content (AvgIpc) is 2.39. The van der Waals surface area contributed by atoms with Crippen LogP contribution in [0, 0.1) is 5.82 Å². The van der Waals surface area contributed by atoms with Crippen molar-refractivity contribution >= 4 is 17.4 Å². The Kier molecular flexibility index (Phi) is 4.33. The Morgan fingerprint density at radius 3 is 2.42 bits per heavy atom. The molecule has 0 saturated heterocycles. The summed E-state index contributed by atoms with van der Waals surface area (Å²) in [5.41, 5.74) is 2.09. The minimum Gasteiger partial charge on any atom is -0.289 e. The van der Waals surface area contributed by atoms with Crippen molar-refractivity contribution in [3.63, 3.8) is 0 Å². The molecule has 0 aliphatic carbocycles. The summed E-state index contributed by atoms with van der Waals surface area (Å²) in [5, 5.41) is 0.141. The van der Waals surface area contributed by atoms with Gasteiger partial charge in [-0.1, -0.05) is 49.2 Å². The van der Waals surface area contributed by atoms with Gasteiger partial charge in [-0.25, -0.2) is 4.39 Å². The predicted molar refractivity (Wildman–Crippen MR) is 75.3 cm³/mol. The third-order valence-corrected chi connectivity index (χ3v) is 3.24. The molecule has 0 spiro atoms. The van der Waals surface area contributed by atoms with E-state index in [9.17, 15) is 9.18 Å². The van der Waals surface area contributed by atoms with E-state index in [1.165, 1.54) is 17.7 Å². The minimum absolute atomic E-state index is 0.141. The molecule has 2 rings (SSSR count). The fourth-order valence-corrected chi connectivity index (χ4v) is 2.19. The van der Waals surface area contributed by atoms with Crippen molar-refractivity contribution in [3.05, 3.63) is 70.0 Å². The van der Waals surface area contributed by atoms with Crippen molar-refractivity contribution in [2.75, 3.05) is 0 Å². The topological polar surface area (TPSA) is 17.1 Å². The van der Waals surface area contributed by atoms with Crippen LogP contribution in [0.15, 0.2) is 42.5 Å². The highest BCUT2D eigenvalue weighted by molar-refractivity contribution is 6.35. The van der Waals surface area contributed by atoms with Crippen LogP contribution >= 0.6 is 11.6 Å². The Hall–Kier alpha value is -1.67. The van der Waals surface area contributed by atoms with Crippen LogP contribution in [0.4, 0.5) is 4.39 Å². The van der Waals surface area contributed by atoms with Gasteiger partial charge in [-0.15, -0.1) is 0 Å². The normalized spacial score (nSPS) is 10.5. The number of benzene rings is 2. The average molecular weight is 277 g/mol. The first-order valence-corrected chi connectivity index (χ1v) is 6.58. The molecule has 0 aliphatic rings. The highest BCUT2D eigenvalue weighted by Crippen LogP contribution is 2.21. The Bertz CT molecular complexity index is 590.